The summed E-state index contributed by atoms with van der Waals surface area (Å²) in [5.41, 5.74) is 6.27. The zero-order valence-corrected chi connectivity index (χ0v) is 21.0. The molecule has 0 saturated heterocycles. The van der Waals surface area contributed by atoms with E-state index in [4.69, 9.17) is 4.74 Å². The van der Waals surface area contributed by atoms with Gasteiger partial charge in [0, 0.05) is 0 Å². The molecule has 3 heteroatoms. The summed E-state index contributed by atoms with van der Waals surface area (Å²) in [5.74, 6) is 0. The van der Waals surface area contributed by atoms with Crippen molar-refractivity contribution in [3.05, 3.63) is 167 Å². The first-order chi connectivity index (χ1) is 18.2. The van der Waals surface area contributed by atoms with Crippen molar-refractivity contribution in [1.29, 1.82) is 0 Å². The average Bonchev–Trinajstić information content (AvgIpc) is 2.97. The van der Waals surface area contributed by atoms with Crippen LogP contribution in [0, 0.1) is 0 Å². The molecule has 0 aliphatic carbocycles. The van der Waals surface area contributed by atoms with Gasteiger partial charge in [0.15, 0.2) is 0 Å². The molecule has 0 saturated carbocycles. The van der Waals surface area contributed by atoms with Crippen LogP contribution in [0.2, 0.25) is 0 Å². The summed E-state index contributed by atoms with van der Waals surface area (Å²) in [4.78, 5) is 0. The number of allylic oxidation sites excluding steroid dienone is 2. The summed E-state index contributed by atoms with van der Waals surface area (Å²) in [6.45, 7) is 0.0232. The fraction of sp³-hybridized carbons (Fsp3) is 0.176. The first-order valence-electron chi connectivity index (χ1n) is 12.7. The highest BCUT2D eigenvalue weighted by Gasteiger charge is 2.17. The lowest BCUT2D eigenvalue weighted by atomic mass is 10.0. The molecule has 0 amide bonds. The first kappa shape index (κ1) is 26.3. The van der Waals surface area contributed by atoms with Crippen molar-refractivity contribution in [3.8, 4) is 0 Å². The predicted molar refractivity (Wildman–Crippen MR) is 150 cm³/mol. The standard InChI is InChI=1S/C34H34O3/c35-25-29-17-21-31(22-18-29)33(15-7-13-27-9-3-1-4-10-27)37-34(32-23-19-30(26-36)20-24-32)16-8-14-28-11-5-2-6-12-28/h1-12,15-24,33-36H,13-14,25-26H2. The van der Waals surface area contributed by atoms with Crippen LogP contribution in [0.25, 0.3) is 0 Å². The molecule has 2 unspecified atom stereocenters. The molecule has 0 fully saturated rings. The lowest BCUT2D eigenvalue weighted by Gasteiger charge is -2.22. The van der Waals surface area contributed by atoms with E-state index in [1.165, 1.54) is 11.1 Å². The molecular formula is C34H34O3. The van der Waals surface area contributed by atoms with Crippen molar-refractivity contribution in [2.45, 2.75) is 38.3 Å². The quantitative estimate of drug-likeness (QED) is 0.209. The van der Waals surface area contributed by atoms with Gasteiger partial charge in [0.05, 0.1) is 13.2 Å². The minimum Gasteiger partial charge on any atom is -0.392 e. The van der Waals surface area contributed by atoms with Crippen molar-refractivity contribution >= 4 is 0 Å². The number of benzene rings is 4. The van der Waals surface area contributed by atoms with E-state index < -0.39 is 0 Å². The lowest BCUT2D eigenvalue weighted by molar-refractivity contribution is 0.0396. The molecule has 0 aromatic heterocycles. The van der Waals surface area contributed by atoms with E-state index in [0.29, 0.717) is 0 Å². The lowest BCUT2D eigenvalue weighted by Crippen LogP contribution is -2.08. The van der Waals surface area contributed by atoms with Crippen molar-refractivity contribution in [3.63, 3.8) is 0 Å². The van der Waals surface area contributed by atoms with Crippen LogP contribution in [0.1, 0.15) is 45.6 Å². The number of rotatable bonds is 12. The van der Waals surface area contributed by atoms with Gasteiger partial charge in [-0.1, -0.05) is 133 Å². The van der Waals surface area contributed by atoms with E-state index in [2.05, 4.69) is 48.6 Å². The Hall–Kier alpha value is -3.76. The number of aliphatic hydroxyl groups is 2. The van der Waals surface area contributed by atoms with Crippen LogP contribution in [0.3, 0.4) is 0 Å². The minimum absolute atomic E-state index is 0.0116. The Morgan fingerprint density at radius 2 is 0.865 bits per heavy atom. The van der Waals surface area contributed by atoms with Crippen molar-refractivity contribution in [1.82, 2.24) is 0 Å². The first-order valence-corrected chi connectivity index (χ1v) is 12.7. The molecule has 0 spiro atoms. The summed E-state index contributed by atoms with van der Waals surface area (Å²) in [5, 5.41) is 19.0. The number of hydrogen-bond acceptors (Lipinski definition) is 3. The topological polar surface area (TPSA) is 49.7 Å². The number of ether oxygens (including phenoxy) is 1. The molecule has 0 radical (unpaired) electrons. The summed E-state index contributed by atoms with van der Waals surface area (Å²) < 4.78 is 6.75. The zero-order chi connectivity index (χ0) is 25.7. The smallest absolute Gasteiger partial charge is 0.102 e. The SMILES string of the molecule is OCc1ccc(C(C=CCc2ccccc2)OC(C=CCc2ccccc2)c2ccc(CO)cc2)cc1. The van der Waals surface area contributed by atoms with Crippen LogP contribution in [0.15, 0.2) is 133 Å². The van der Waals surface area contributed by atoms with Crippen LogP contribution in [0.4, 0.5) is 0 Å². The second-order valence-electron chi connectivity index (χ2n) is 9.01. The second kappa shape index (κ2) is 14.1. The highest BCUT2D eigenvalue weighted by Crippen LogP contribution is 2.30. The molecule has 4 aromatic carbocycles. The summed E-state index contributed by atoms with van der Waals surface area (Å²) in [6, 6.07) is 36.5. The summed E-state index contributed by atoms with van der Waals surface area (Å²) in [6.07, 6.45) is 9.60. The molecular weight excluding hydrogens is 456 g/mol. The molecule has 3 nitrogen and oxygen atoms in total. The molecule has 0 heterocycles. The normalized spacial score (nSPS) is 13.2. The second-order valence-corrected chi connectivity index (χ2v) is 9.01. The van der Waals surface area contributed by atoms with E-state index in [1.54, 1.807) is 0 Å². The Morgan fingerprint density at radius 1 is 0.486 bits per heavy atom. The van der Waals surface area contributed by atoms with E-state index in [1.807, 2.05) is 84.9 Å². The maximum absolute atomic E-state index is 9.49. The minimum atomic E-state index is -0.277. The van der Waals surface area contributed by atoms with Crippen molar-refractivity contribution < 1.29 is 14.9 Å². The molecule has 188 valence electrons. The largest absolute Gasteiger partial charge is 0.392 e. The maximum Gasteiger partial charge on any atom is 0.102 e. The van der Waals surface area contributed by atoms with Gasteiger partial charge in [-0.2, -0.15) is 0 Å². The Kier molecular flexibility index (Phi) is 10.0. The van der Waals surface area contributed by atoms with Crippen LogP contribution >= 0.6 is 0 Å². The van der Waals surface area contributed by atoms with Gasteiger partial charge in [0.1, 0.15) is 12.2 Å². The zero-order valence-electron chi connectivity index (χ0n) is 21.0. The molecule has 0 aliphatic heterocycles. The summed E-state index contributed by atoms with van der Waals surface area (Å²) in [7, 11) is 0. The molecule has 4 aromatic rings. The van der Waals surface area contributed by atoms with Crippen molar-refractivity contribution in [2.24, 2.45) is 0 Å². The Labute approximate surface area is 220 Å². The third-order valence-electron chi connectivity index (χ3n) is 6.29. The van der Waals surface area contributed by atoms with Gasteiger partial charge >= 0.3 is 0 Å². The molecule has 0 aliphatic rings. The predicted octanol–water partition coefficient (Wildman–Crippen LogP) is 7.07. The van der Waals surface area contributed by atoms with Gasteiger partial charge in [0.25, 0.3) is 0 Å². The average molecular weight is 491 g/mol. The van der Waals surface area contributed by atoms with Gasteiger partial charge in [0.2, 0.25) is 0 Å². The fourth-order valence-corrected chi connectivity index (χ4v) is 4.14. The van der Waals surface area contributed by atoms with Gasteiger partial charge in [-0.05, 0) is 46.2 Å². The van der Waals surface area contributed by atoms with E-state index in [0.717, 1.165) is 35.1 Å². The molecule has 37 heavy (non-hydrogen) atoms. The number of aliphatic hydroxyl groups excluding tert-OH is 2. The van der Waals surface area contributed by atoms with Gasteiger partial charge in [-0.3, -0.25) is 0 Å². The number of hydrogen-bond donors (Lipinski definition) is 2. The third kappa shape index (κ3) is 8.12. The highest BCUT2D eigenvalue weighted by molar-refractivity contribution is 5.30. The Balaban J connectivity index is 1.60. The van der Waals surface area contributed by atoms with Crippen molar-refractivity contribution in [2.75, 3.05) is 0 Å². The summed E-state index contributed by atoms with van der Waals surface area (Å²) >= 11 is 0. The third-order valence-corrected chi connectivity index (χ3v) is 6.29. The van der Waals surface area contributed by atoms with Crippen LogP contribution in [0.5, 0.6) is 0 Å². The Morgan fingerprint density at radius 3 is 1.22 bits per heavy atom. The molecule has 2 atom stereocenters. The maximum atomic E-state index is 9.49. The van der Waals surface area contributed by atoms with E-state index >= 15 is 0 Å². The van der Waals surface area contributed by atoms with E-state index in [9.17, 15) is 10.2 Å². The molecule has 0 bridgehead atoms. The van der Waals surface area contributed by atoms with E-state index in [-0.39, 0.29) is 25.4 Å². The molecule has 2 N–H and O–H groups in total. The molecule has 4 rings (SSSR count). The Bertz CT molecular complexity index is 1140. The van der Waals surface area contributed by atoms with Crippen LogP contribution < -0.4 is 0 Å². The highest BCUT2D eigenvalue weighted by atomic mass is 16.5. The fourth-order valence-electron chi connectivity index (χ4n) is 4.14. The van der Waals surface area contributed by atoms with Gasteiger partial charge < -0.3 is 14.9 Å². The van der Waals surface area contributed by atoms with Crippen LogP contribution in [-0.4, -0.2) is 10.2 Å². The van der Waals surface area contributed by atoms with Crippen LogP contribution in [-0.2, 0) is 30.8 Å². The van der Waals surface area contributed by atoms with Gasteiger partial charge in [-0.15, -0.1) is 0 Å². The monoisotopic (exact) mass is 490 g/mol. The van der Waals surface area contributed by atoms with Gasteiger partial charge in [-0.25, -0.2) is 0 Å².